The van der Waals surface area contributed by atoms with Crippen LogP contribution in [0.4, 0.5) is 10.1 Å². The maximum absolute atomic E-state index is 13.8. The van der Waals surface area contributed by atoms with E-state index in [1.165, 1.54) is 36.4 Å². The predicted molar refractivity (Wildman–Crippen MR) is 76.9 cm³/mol. The lowest BCUT2D eigenvalue weighted by atomic mass is 10.2. The van der Waals surface area contributed by atoms with Crippen molar-refractivity contribution in [1.29, 1.82) is 0 Å². The number of fused-ring (bicyclic) bond motifs is 1. The number of halogens is 1. The Hall–Kier alpha value is -2.41. The average molecular weight is 306 g/mol. The molecule has 0 spiro atoms. The lowest BCUT2D eigenvalue weighted by Crippen LogP contribution is -1.96. The smallest absolute Gasteiger partial charge is 0.230 e. The van der Waals surface area contributed by atoms with Crippen molar-refractivity contribution < 1.29 is 17.2 Å². The molecular formula is C14H11FN2O3S. The van der Waals surface area contributed by atoms with Crippen LogP contribution in [-0.4, -0.2) is 19.7 Å². The van der Waals surface area contributed by atoms with E-state index in [0.29, 0.717) is 16.8 Å². The van der Waals surface area contributed by atoms with E-state index in [-0.39, 0.29) is 16.3 Å². The van der Waals surface area contributed by atoms with Gasteiger partial charge in [-0.1, -0.05) is 0 Å². The molecule has 0 unspecified atom stereocenters. The third-order valence-electron chi connectivity index (χ3n) is 3.01. The van der Waals surface area contributed by atoms with Gasteiger partial charge in [0.1, 0.15) is 11.3 Å². The van der Waals surface area contributed by atoms with Gasteiger partial charge in [-0.15, -0.1) is 0 Å². The molecule has 1 heterocycles. The SMILES string of the molecule is CS(=O)(=O)c1ccc2oc(-c3cc(N)ccc3F)nc2c1. The van der Waals surface area contributed by atoms with Crippen LogP contribution >= 0.6 is 0 Å². The number of nitrogens with two attached hydrogens (primary N) is 1. The van der Waals surface area contributed by atoms with Crippen LogP contribution < -0.4 is 5.73 Å². The highest BCUT2D eigenvalue weighted by molar-refractivity contribution is 7.90. The van der Waals surface area contributed by atoms with E-state index in [2.05, 4.69) is 4.98 Å². The molecule has 3 aromatic rings. The molecule has 0 bridgehead atoms. The Bertz CT molecular complexity index is 948. The molecule has 1 aromatic heterocycles. The number of nitrogen functional groups attached to an aromatic ring is 1. The molecule has 2 N–H and O–H groups in total. The van der Waals surface area contributed by atoms with Crippen molar-refractivity contribution >= 4 is 26.6 Å². The number of rotatable bonds is 2. The molecule has 0 amide bonds. The summed E-state index contributed by atoms with van der Waals surface area (Å²) in [5.74, 6) is -0.459. The van der Waals surface area contributed by atoms with Crippen LogP contribution in [0, 0.1) is 5.82 Å². The second kappa shape index (κ2) is 4.56. The van der Waals surface area contributed by atoms with Gasteiger partial charge in [-0.25, -0.2) is 17.8 Å². The average Bonchev–Trinajstić information content (AvgIpc) is 2.83. The molecule has 0 aliphatic carbocycles. The van der Waals surface area contributed by atoms with Crippen molar-refractivity contribution in [2.45, 2.75) is 4.90 Å². The maximum Gasteiger partial charge on any atom is 0.230 e. The van der Waals surface area contributed by atoms with Gasteiger partial charge in [0.05, 0.1) is 10.5 Å². The van der Waals surface area contributed by atoms with Gasteiger partial charge < -0.3 is 10.2 Å². The van der Waals surface area contributed by atoms with Crippen molar-refractivity contribution in [3.63, 3.8) is 0 Å². The van der Waals surface area contributed by atoms with Gasteiger partial charge >= 0.3 is 0 Å². The van der Waals surface area contributed by atoms with E-state index >= 15 is 0 Å². The van der Waals surface area contributed by atoms with Crippen molar-refractivity contribution in [3.8, 4) is 11.5 Å². The zero-order chi connectivity index (χ0) is 15.2. The first kappa shape index (κ1) is 13.6. The summed E-state index contributed by atoms with van der Waals surface area (Å²) < 4.78 is 42.3. The maximum atomic E-state index is 13.8. The topological polar surface area (TPSA) is 86.2 Å². The molecular weight excluding hydrogens is 295 g/mol. The minimum absolute atomic E-state index is 0.0560. The minimum Gasteiger partial charge on any atom is -0.436 e. The molecule has 0 aliphatic heterocycles. The van der Waals surface area contributed by atoms with Gasteiger partial charge in [0.15, 0.2) is 15.4 Å². The number of nitrogens with zero attached hydrogens (tertiary/aromatic N) is 1. The zero-order valence-electron chi connectivity index (χ0n) is 11.0. The van der Waals surface area contributed by atoms with E-state index in [9.17, 15) is 12.8 Å². The molecule has 5 nitrogen and oxygen atoms in total. The fourth-order valence-electron chi connectivity index (χ4n) is 1.96. The first-order chi connectivity index (χ1) is 9.84. The molecule has 108 valence electrons. The van der Waals surface area contributed by atoms with Crippen molar-refractivity contribution in [3.05, 3.63) is 42.2 Å². The fraction of sp³-hybridized carbons (Fsp3) is 0.0714. The van der Waals surface area contributed by atoms with Crippen LogP contribution in [0.1, 0.15) is 0 Å². The first-order valence-corrected chi connectivity index (χ1v) is 7.90. The van der Waals surface area contributed by atoms with Gasteiger partial charge in [-0.2, -0.15) is 0 Å². The predicted octanol–water partition coefficient (Wildman–Crippen LogP) is 2.62. The van der Waals surface area contributed by atoms with Crippen LogP contribution in [0.2, 0.25) is 0 Å². The second-order valence-corrected chi connectivity index (χ2v) is 6.68. The van der Waals surface area contributed by atoms with Crippen molar-refractivity contribution in [2.24, 2.45) is 0 Å². The fourth-order valence-corrected chi connectivity index (χ4v) is 2.60. The lowest BCUT2D eigenvalue weighted by molar-refractivity contribution is 0.593. The Labute approximate surface area is 120 Å². The molecule has 7 heteroatoms. The molecule has 2 aromatic carbocycles. The summed E-state index contributed by atoms with van der Waals surface area (Å²) >= 11 is 0. The highest BCUT2D eigenvalue weighted by atomic mass is 32.2. The molecule has 0 radical (unpaired) electrons. The quantitative estimate of drug-likeness (QED) is 0.735. The van der Waals surface area contributed by atoms with Crippen LogP contribution in [0.15, 0.2) is 45.7 Å². The summed E-state index contributed by atoms with van der Waals surface area (Å²) in [5, 5.41) is 0. The Morgan fingerprint density at radius 2 is 1.95 bits per heavy atom. The summed E-state index contributed by atoms with van der Waals surface area (Å²) in [7, 11) is -3.34. The lowest BCUT2D eigenvalue weighted by Gasteiger charge is -1.99. The van der Waals surface area contributed by atoms with Crippen molar-refractivity contribution in [1.82, 2.24) is 4.98 Å². The number of anilines is 1. The van der Waals surface area contributed by atoms with E-state index < -0.39 is 15.7 Å². The van der Waals surface area contributed by atoms with E-state index in [1.807, 2.05) is 0 Å². The molecule has 0 atom stereocenters. The molecule has 0 saturated carbocycles. The molecule has 0 aliphatic rings. The van der Waals surface area contributed by atoms with E-state index in [0.717, 1.165) is 6.26 Å². The summed E-state index contributed by atoms with van der Waals surface area (Å²) in [4.78, 5) is 4.26. The number of benzene rings is 2. The van der Waals surface area contributed by atoms with Gasteiger partial charge in [0.25, 0.3) is 0 Å². The largest absolute Gasteiger partial charge is 0.436 e. The second-order valence-electron chi connectivity index (χ2n) is 4.66. The van der Waals surface area contributed by atoms with E-state index in [4.69, 9.17) is 10.2 Å². The van der Waals surface area contributed by atoms with Crippen LogP contribution in [0.25, 0.3) is 22.6 Å². The van der Waals surface area contributed by atoms with E-state index in [1.54, 1.807) is 0 Å². The van der Waals surface area contributed by atoms with Crippen molar-refractivity contribution in [2.75, 3.05) is 12.0 Å². The molecule has 21 heavy (non-hydrogen) atoms. The number of hydrogen-bond donors (Lipinski definition) is 1. The third kappa shape index (κ3) is 2.47. The Kier molecular flexibility index (Phi) is 2.94. The van der Waals surface area contributed by atoms with Crippen LogP contribution in [-0.2, 0) is 9.84 Å². The Balaban J connectivity index is 2.20. The number of oxazole rings is 1. The molecule has 0 saturated heterocycles. The number of hydrogen-bond acceptors (Lipinski definition) is 5. The van der Waals surface area contributed by atoms with Crippen LogP contribution in [0.5, 0.6) is 0 Å². The highest BCUT2D eigenvalue weighted by Crippen LogP contribution is 2.28. The third-order valence-corrected chi connectivity index (χ3v) is 4.12. The summed E-state index contributed by atoms with van der Waals surface area (Å²) in [6.07, 6.45) is 1.10. The summed E-state index contributed by atoms with van der Waals surface area (Å²) in [6, 6.07) is 8.37. The van der Waals surface area contributed by atoms with Gasteiger partial charge in [0.2, 0.25) is 5.89 Å². The Morgan fingerprint density at radius 1 is 1.19 bits per heavy atom. The van der Waals surface area contributed by atoms with Gasteiger partial charge in [-0.3, -0.25) is 0 Å². The molecule has 3 rings (SSSR count). The molecule has 0 fully saturated rings. The Morgan fingerprint density at radius 3 is 2.67 bits per heavy atom. The summed E-state index contributed by atoms with van der Waals surface area (Å²) in [6.45, 7) is 0. The van der Waals surface area contributed by atoms with Gasteiger partial charge in [-0.05, 0) is 36.4 Å². The number of aromatic nitrogens is 1. The minimum atomic E-state index is -3.34. The zero-order valence-corrected chi connectivity index (χ0v) is 11.8. The normalized spacial score (nSPS) is 11.9. The highest BCUT2D eigenvalue weighted by Gasteiger charge is 2.15. The first-order valence-electron chi connectivity index (χ1n) is 6.00. The standard InChI is InChI=1S/C14H11FN2O3S/c1-21(18,19)9-3-5-13-12(7-9)17-14(20-13)10-6-8(16)2-4-11(10)15/h2-7H,16H2,1H3. The number of sulfone groups is 1. The monoisotopic (exact) mass is 306 g/mol. The van der Waals surface area contributed by atoms with Crippen LogP contribution in [0.3, 0.4) is 0 Å². The van der Waals surface area contributed by atoms with Gasteiger partial charge in [0, 0.05) is 11.9 Å². The summed E-state index contributed by atoms with van der Waals surface area (Å²) in [5.41, 5.74) is 6.85.